The van der Waals surface area contributed by atoms with Crippen LogP contribution in [0.5, 0.6) is 0 Å². The summed E-state index contributed by atoms with van der Waals surface area (Å²) >= 11 is 0. The summed E-state index contributed by atoms with van der Waals surface area (Å²) in [6, 6.07) is 15.7. The highest BCUT2D eigenvalue weighted by Gasteiger charge is 2.17. The number of nitrogens with one attached hydrogen (secondary N) is 2. The third-order valence-electron chi connectivity index (χ3n) is 4.37. The molecule has 0 radical (unpaired) electrons. The number of carbonyl (C=O) groups is 1. The van der Waals surface area contributed by atoms with Gasteiger partial charge in [0.05, 0.1) is 9.79 Å². The van der Waals surface area contributed by atoms with E-state index in [2.05, 4.69) is 20.6 Å². The van der Waals surface area contributed by atoms with Gasteiger partial charge in [-0.05, 0) is 48.9 Å². The first-order valence-corrected chi connectivity index (χ1v) is 10.7. The Morgan fingerprint density at radius 1 is 1.00 bits per heavy atom. The zero-order valence-corrected chi connectivity index (χ0v) is 17.4. The number of pyridine rings is 1. The fourth-order valence-electron chi connectivity index (χ4n) is 2.71. The van der Waals surface area contributed by atoms with Crippen LogP contribution in [0.4, 0.5) is 5.69 Å². The molecule has 0 aliphatic rings. The largest absolute Gasteiger partial charge is 0.351 e. The molecule has 0 saturated heterocycles. The van der Waals surface area contributed by atoms with Crippen molar-refractivity contribution >= 4 is 27.3 Å². The molecular formula is C22H19N5O3S. The number of anilines is 1. The van der Waals surface area contributed by atoms with Gasteiger partial charge in [-0.3, -0.25) is 9.78 Å². The number of rotatable bonds is 6. The standard InChI is InChI=1S/C22H19N5O3S/c1-16(28)18-4-8-21(9-5-18)31(29,30)20-6-2-17(3-7-20)14-25-22(26-15-23)27-19-10-12-24-13-11-19/h2-13H,14H2,1H3,(H2,24,25,26,27). The molecule has 3 rings (SSSR count). The van der Waals surface area contributed by atoms with Crippen LogP contribution in [0.15, 0.2) is 87.8 Å². The summed E-state index contributed by atoms with van der Waals surface area (Å²) in [5, 5.41) is 14.9. The Kier molecular flexibility index (Phi) is 6.74. The molecule has 0 amide bonds. The van der Waals surface area contributed by atoms with Gasteiger partial charge in [0.1, 0.15) is 0 Å². The van der Waals surface area contributed by atoms with E-state index >= 15 is 0 Å². The number of hydrogen-bond donors (Lipinski definition) is 2. The highest BCUT2D eigenvalue weighted by molar-refractivity contribution is 7.91. The summed E-state index contributed by atoms with van der Waals surface area (Å²) in [4.78, 5) is 19.3. The second kappa shape index (κ2) is 9.65. The van der Waals surface area contributed by atoms with Crippen LogP contribution < -0.4 is 10.6 Å². The first-order valence-electron chi connectivity index (χ1n) is 9.23. The van der Waals surface area contributed by atoms with Crippen molar-refractivity contribution in [3.8, 4) is 6.19 Å². The summed E-state index contributed by atoms with van der Waals surface area (Å²) in [5.74, 6) is 0.134. The van der Waals surface area contributed by atoms with E-state index in [0.717, 1.165) is 5.56 Å². The minimum absolute atomic E-state index is 0.119. The van der Waals surface area contributed by atoms with Crippen LogP contribution in [0.25, 0.3) is 0 Å². The molecular weight excluding hydrogens is 414 g/mol. The molecule has 1 aromatic heterocycles. The second-order valence-electron chi connectivity index (χ2n) is 6.50. The molecule has 1 heterocycles. The first kappa shape index (κ1) is 21.7. The van der Waals surface area contributed by atoms with Gasteiger partial charge in [-0.2, -0.15) is 5.26 Å². The molecule has 2 N–H and O–H groups in total. The average Bonchev–Trinajstić information content (AvgIpc) is 2.78. The number of nitriles is 1. The summed E-state index contributed by atoms with van der Waals surface area (Å²) in [6.45, 7) is 1.75. The molecule has 0 spiro atoms. The van der Waals surface area contributed by atoms with Gasteiger partial charge in [0.15, 0.2) is 5.78 Å². The molecule has 0 saturated carbocycles. The Labute approximate surface area is 180 Å². The van der Waals surface area contributed by atoms with Crippen LogP contribution in [0.3, 0.4) is 0 Å². The van der Waals surface area contributed by atoms with Gasteiger partial charge in [-0.25, -0.2) is 8.42 Å². The Hall–Kier alpha value is -4.03. The smallest absolute Gasteiger partial charge is 0.212 e. The molecule has 9 heteroatoms. The number of Topliss-reactive ketones (excluding diaryl/α,β-unsaturated/α-hetero) is 1. The minimum Gasteiger partial charge on any atom is -0.351 e. The Morgan fingerprint density at radius 2 is 1.58 bits per heavy atom. The van der Waals surface area contributed by atoms with Crippen LogP contribution in [0, 0.1) is 11.5 Å². The van der Waals surface area contributed by atoms with E-state index < -0.39 is 9.84 Å². The lowest BCUT2D eigenvalue weighted by atomic mass is 10.2. The maximum Gasteiger partial charge on any atom is 0.212 e. The molecule has 8 nitrogen and oxygen atoms in total. The van der Waals surface area contributed by atoms with Crippen LogP contribution in [0.2, 0.25) is 0 Å². The molecule has 0 fully saturated rings. The highest BCUT2D eigenvalue weighted by atomic mass is 32.2. The normalized spacial score (nSPS) is 11.4. The number of hydrogen-bond acceptors (Lipinski definition) is 6. The molecule has 2 aromatic carbocycles. The lowest BCUT2D eigenvalue weighted by Gasteiger charge is -2.11. The minimum atomic E-state index is -3.70. The van der Waals surface area contributed by atoms with E-state index in [1.807, 2.05) is 0 Å². The third-order valence-corrected chi connectivity index (χ3v) is 6.16. The van der Waals surface area contributed by atoms with Crippen LogP contribution >= 0.6 is 0 Å². The van der Waals surface area contributed by atoms with E-state index in [0.29, 0.717) is 17.8 Å². The lowest BCUT2D eigenvalue weighted by Crippen LogP contribution is -2.30. The van der Waals surface area contributed by atoms with Gasteiger partial charge in [0.25, 0.3) is 0 Å². The lowest BCUT2D eigenvalue weighted by molar-refractivity contribution is 0.101. The maximum absolute atomic E-state index is 12.8. The van der Waals surface area contributed by atoms with Crippen molar-refractivity contribution in [3.05, 3.63) is 84.2 Å². The quantitative estimate of drug-likeness (QED) is 0.265. The van der Waals surface area contributed by atoms with Gasteiger partial charge in [0.2, 0.25) is 22.0 Å². The summed E-state index contributed by atoms with van der Waals surface area (Å²) in [7, 11) is -3.70. The zero-order chi connectivity index (χ0) is 22.3. The van der Waals surface area contributed by atoms with Crippen LogP contribution in [-0.4, -0.2) is 25.1 Å². The van der Waals surface area contributed by atoms with Gasteiger partial charge < -0.3 is 10.6 Å². The number of sulfone groups is 1. The van der Waals surface area contributed by atoms with Gasteiger partial charge >= 0.3 is 0 Å². The van der Waals surface area contributed by atoms with E-state index in [-0.39, 0.29) is 21.5 Å². The van der Waals surface area contributed by atoms with Gasteiger partial charge in [0, 0.05) is 30.2 Å². The van der Waals surface area contributed by atoms with E-state index in [4.69, 9.17) is 5.26 Å². The molecule has 0 aliphatic heterocycles. The van der Waals surface area contributed by atoms with Crippen molar-refractivity contribution in [2.24, 2.45) is 4.99 Å². The molecule has 0 aliphatic carbocycles. The Bertz CT molecular complexity index is 1230. The summed E-state index contributed by atoms with van der Waals surface area (Å²) in [6.07, 6.45) is 4.95. The fourth-order valence-corrected chi connectivity index (χ4v) is 3.97. The van der Waals surface area contributed by atoms with E-state index in [9.17, 15) is 13.2 Å². The molecule has 156 valence electrons. The first-order chi connectivity index (χ1) is 14.9. The average molecular weight is 433 g/mol. The fraction of sp³-hybridized carbons (Fsp3) is 0.0909. The topological polar surface area (TPSA) is 124 Å². The van der Waals surface area contributed by atoms with Crippen LogP contribution in [-0.2, 0) is 16.4 Å². The van der Waals surface area contributed by atoms with Crippen molar-refractivity contribution in [1.29, 1.82) is 5.26 Å². The second-order valence-corrected chi connectivity index (χ2v) is 8.45. The molecule has 3 aromatic rings. The Morgan fingerprint density at radius 3 is 2.13 bits per heavy atom. The molecule has 0 unspecified atom stereocenters. The van der Waals surface area contributed by atoms with Crippen molar-refractivity contribution in [1.82, 2.24) is 10.3 Å². The molecule has 0 bridgehead atoms. The number of guanidine groups is 1. The number of carbonyl (C=O) groups excluding carboxylic acids is 1. The van der Waals surface area contributed by atoms with E-state index in [1.54, 1.807) is 42.9 Å². The summed E-state index contributed by atoms with van der Waals surface area (Å²) < 4.78 is 25.6. The number of aliphatic imine (C=N–C) groups is 1. The zero-order valence-electron chi connectivity index (χ0n) is 16.6. The van der Waals surface area contributed by atoms with Gasteiger partial charge in [-0.1, -0.05) is 24.3 Å². The van der Waals surface area contributed by atoms with E-state index in [1.165, 1.54) is 43.3 Å². The summed E-state index contributed by atoms with van der Waals surface area (Å²) in [5.41, 5.74) is 1.97. The predicted molar refractivity (Wildman–Crippen MR) is 116 cm³/mol. The third kappa shape index (κ3) is 5.52. The predicted octanol–water partition coefficient (Wildman–Crippen LogP) is 3.16. The van der Waals surface area contributed by atoms with Gasteiger partial charge in [-0.15, -0.1) is 4.99 Å². The number of benzene rings is 2. The van der Waals surface area contributed by atoms with Crippen molar-refractivity contribution in [3.63, 3.8) is 0 Å². The Balaban J connectivity index is 1.69. The van der Waals surface area contributed by atoms with Crippen molar-refractivity contribution in [2.45, 2.75) is 23.3 Å². The van der Waals surface area contributed by atoms with Crippen LogP contribution in [0.1, 0.15) is 22.8 Å². The number of ketones is 1. The SMILES string of the molecule is CC(=O)c1ccc(S(=O)(=O)c2ccc(CNC(=NC#N)Nc3ccncc3)cc2)cc1. The molecule has 0 atom stereocenters. The maximum atomic E-state index is 12.8. The number of aromatic nitrogens is 1. The van der Waals surface area contributed by atoms with Crippen molar-refractivity contribution in [2.75, 3.05) is 5.32 Å². The monoisotopic (exact) mass is 433 g/mol. The molecule has 31 heavy (non-hydrogen) atoms. The highest BCUT2D eigenvalue weighted by Crippen LogP contribution is 2.21. The van der Waals surface area contributed by atoms with Crippen molar-refractivity contribution < 1.29 is 13.2 Å². The number of nitrogens with zero attached hydrogens (tertiary/aromatic N) is 3.